The van der Waals surface area contributed by atoms with E-state index in [-0.39, 0.29) is 12.0 Å². The van der Waals surface area contributed by atoms with Crippen LogP contribution >= 0.6 is 0 Å². The second kappa shape index (κ2) is 7.45. The molecule has 1 amide bonds. The predicted molar refractivity (Wildman–Crippen MR) is 101 cm³/mol. The van der Waals surface area contributed by atoms with E-state index in [0.717, 1.165) is 34.7 Å². The van der Waals surface area contributed by atoms with E-state index in [2.05, 4.69) is 21.4 Å². The Morgan fingerprint density at radius 1 is 1.22 bits per heavy atom. The highest BCUT2D eigenvalue weighted by Crippen LogP contribution is 2.32. The Morgan fingerprint density at radius 3 is 2.81 bits per heavy atom. The van der Waals surface area contributed by atoms with Crippen molar-refractivity contribution in [3.05, 3.63) is 72.2 Å². The normalized spacial score (nSPS) is 14.9. The van der Waals surface area contributed by atoms with Crippen molar-refractivity contribution in [3.8, 4) is 22.8 Å². The average Bonchev–Trinajstić information content (AvgIpc) is 3.15. The molecule has 1 aliphatic rings. The Morgan fingerprint density at radius 2 is 2.07 bits per heavy atom. The van der Waals surface area contributed by atoms with Crippen LogP contribution in [0.25, 0.3) is 11.3 Å². The van der Waals surface area contributed by atoms with Gasteiger partial charge in [0.15, 0.2) is 0 Å². The second-order valence-electron chi connectivity index (χ2n) is 6.30. The molecular weight excluding hydrogens is 342 g/mol. The van der Waals surface area contributed by atoms with E-state index in [9.17, 15) is 4.79 Å². The quantitative estimate of drug-likeness (QED) is 0.756. The van der Waals surface area contributed by atoms with Crippen LogP contribution < -0.4 is 14.8 Å². The number of carbonyl (C=O) groups excluding carboxylic acids is 1. The Labute approximate surface area is 157 Å². The molecule has 2 heterocycles. The highest BCUT2D eigenvalue weighted by atomic mass is 16.5. The highest BCUT2D eigenvalue weighted by molar-refractivity contribution is 5.94. The summed E-state index contributed by atoms with van der Waals surface area (Å²) in [5.41, 5.74) is 3.54. The van der Waals surface area contributed by atoms with Crippen molar-refractivity contribution in [2.24, 2.45) is 0 Å². The first-order valence-corrected chi connectivity index (χ1v) is 8.71. The van der Waals surface area contributed by atoms with Gasteiger partial charge in [0, 0.05) is 29.9 Å². The average molecular weight is 361 g/mol. The molecule has 1 atom stereocenters. The van der Waals surface area contributed by atoms with Gasteiger partial charge in [0.2, 0.25) is 0 Å². The minimum absolute atomic E-state index is 0.0840. The van der Waals surface area contributed by atoms with Crippen molar-refractivity contribution in [2.75, 3.05) is 13.7 Å². The van der Waals surface area contributed by atoms with Crippen LogP contribution in [0.3, 0.4) is 0 Å². The van der Waals surface area contributed by atoms with Crippen molar-refractivity contribution in [3.63, 3.8) is 0 Å². The first kappa shape index (κ1) is 17.0. The second-order valence-corrected chi connectivity index (χ2v) is 6.30. The molecule has 136 valence electrons. The zero-order valence-electron chi connectivity index (χ0n) is 14.9. The standard InChI is InChI=1S/C21H19N3O3/c1-26-17-5-2-14(3-6-17)21(25)24-12-18-11-16-10-15(4-7-20(16)27-18)19-13-22-8-9-23-19/h2-10,13,18H,11-12H2,1H3,(H,24,25)/t18-/m0/s1. The maximum Gasteiger partial charge on any atom is 0.251 e. The van der Waals surface area contributed by atoms with Gasteiger partial charge in [-0.3, -0.25) is 14.8 Å². The number of rotatable bonds is 5. The summed E-state index contributed by atoms with van der Waals surface area (Å²) in [5, 5.41) is 2.93. The smallest absolute Gasteiger partial charge is 0.251 e. The number of nitrogens with one attached hydrogen (secondary N) is 1. The number of nitrogens with zero attached hydrogens (tertiary/aromatic N) is 2. The Bertz CT molecular complexity index is 943. The number of aromatic nitrogens is 2. The van der Waals surface area contributed by atoms with E-state index in [0.29, 0.717) is 12.1 Å². The molecule has 1 aliphatic heterocycles. The number of amides is 1. The van der Waals surface area contributed by atoms with Crippen LogP contribution in [-0.4, -0.2) is 35.6 Å². The summed E-state index contributed by atoms with van der Waals surface area (Å²) in [5.74, 6) is 1.45. The number of carbonyl (C=O) groups is 1. The van der Waals surface area contributed by atoms with Gasteiger partial charge in [0.05, 0.1) is 25.5 Å². The van der Waals surface area contributed by atoms with Gasteiger partial charge in [0.1, 0.15) is 17.6 Å². The summed E-state index contributed by atoms with van der Waals surface area (Å²) < 4.78 is 11.1. The summed E-state index contributed by atoms with van der Waals surface area (Å²) in [7, 11) is 1.60. The Kier molecular flexibility index (Phi) is 4.70. The molecule has 0 aliphatic carbocycles. The molecule has 27 heavy (non-hydrogen) atoms. The van der Waals surface area contributed by atoms with Gasteiger partial charge in [-0.05, 0) is 48.0 Å². The molecule has 0 bridgehead atoms. The van der Waals surface area contributed by atoms with Crippen LogP contribution in [0.1, 0.15) is 15.9 Å². The lowest BCUT2D eigenvalue weighted by Gasteiger charge is -2.12. The van der Waals surface area contributed by atoms with Crippen LogP contribution in [0.5, 0.6) is 11.5 Å². The summed E-state index contributed by atoms with van der Waals surface area (Å²) in [6.45, 7) is 0.444. The van der Waals surface area contributed by atoms with Crippen LogP contribution in [0.2, 0.25) is 0 Å². The topological polar surface area (TPSA) is 73.3 Å². The van der Waals surface area contributed by atoms with E-state index >= 15 is 0 Å². The molecule has 1 aromatic heterocycles. The van der Waals surface area contributed by atoms with Crippen LogP contribution in [-0.2, 0) is 6.42 Å². The van der Waals surface area contributed by atoms with Crippen molar-refractivity contribution in [2.45, 2.75) is 12.5 Å². The predicted octanol–water partition coefficient (Wildman–Crippen LogP) is 2.89. The maximum absolute atomic E-state index is 12.3. The molecule has 0 fully saturated rings. The van der Waals surface area contributed by atoms with E-state index in [4.69, 9.17) is 9.47 Å². The summed E-state index contributed by atoms with van der Waals surface area (Å²) in [6.07, 6.45) is 5.73. The largest absolute Gasteiger partial charge is 0.497 e. The molecule has 0 spiro atoms. The number of benzene rings is 2. The van der Waals surface area contributed by atoms with Gasteiger partial charge in [-0.25, -0.2) is 0 Å². The fraction of sp³-hybridized carbons (Fsp3) is 0.190. The first-order chi connectivity index (χ1) is 13.2. The number of ether oxygens (including phenoxy) is 2. The minimum Gasteiger partial charge on any atom is -0.497 e. The van der Waals surface area contributed by atoms with Crippen molar-refractivity contribution in [1.29, 1.82) is 0 Å². The molecule has 4 rings (SSSR count). The third kappa shape index (κ3) is 3.74. The Hall–Kier alpha value is -3.41. The van der Waals surface area contributed by atoms with Crippen LogP contribution in [0, 0.1) is 0 Å². The molecule has 0 saturated heterocycles. The van der Waals surface area contributed by atoms with E-state index in [1.165, 1.54) is 0 Å². The van der Waals surface area contributed by atoms with Gasteiger partial charge in [-0.1, -0.05) is 0 Å². The van der Waals surface area contributed by atoms with Crippen LogP contribution in [0.15, 0.2) is 61.1 Å². The van der Waals surface area contributed by atoms with Gasteiger partial charge < -0.3 is 14.8 Å². The van der Waals surface area contributed by atoms with Gasteiger partial charge in [0.25, 0.3) is 5.91 Å². The number of hydrogen-bond acceptors (Lipinski definition) is 5. The molecule has 0 unspecified atom stereocenters. The van der Waals surface area contributed by atoms with Crippen LogP contribution in [0.4, 0.5) is 0 Å². The molecule has 0 saturated carbocycles. The molecule has 0 radical (unpaired) electrons. The number of hydrogen-bond donors (Lipinski definition) is 1. The fourth-order valence-electron chi connectivity index (χ4n) is 3.09. The maximum atomic E-state index is 12.3. The SMILES string of the molecule is COc1ccc(C(=O)NC[C@@H]2Cc3cc(-c4cnccn4)ccc3O2)cc1. The third-order valence-corrected chi connectivity index (χ3v) is 4.50. The van der Waals surface area contributed by atoms with Crippen molar-refractivity contribution in [1.82, 2.24) is 15.3 Å². The number of methoxy groups -OCH3 is 1. The summed E-state index contributed by atoms with van der Waals surface area (Å²) >= 11 is 0. The monoisotopic (exact) mass is 361 g/mol. The molecular formula is C21H19N3O3. The lowest BCUT2D eigenvalue weighted by atomic mass is 10.0. The lowest BCUT2D eigenvalue weighted by molar-refractivity contribution is 0.0933. The highest BCUT2D eigenvalue weighted by Gasteiger charge is 2.24. The molecule has 2 aromatic carbocycles. The van der Waals surface area contributed by atoms with E-state index < -0.39 is 0 Å². The first-order valence-electron chi connectivity index (χ1n) is 8.71. The van der Waals surface area contributed by atoms with Gasteiger partial charge in [-0.15, -0.1) is 0 Å². The Balaban J connectivity index is 1.37. The van der Waals surface area contributed by atoms with Crippen molar-refractivity contribution >= 4 is 5.91 Å². The summed E-state index contributed by atoms with van der Waals surface area (Å²) in [4.78, 5) is 20.7. The summed E-state index contributed by atoms with van der Waals surface area (Å²) in [6, 6.07) is 13.0. The molecule has 6 nitrogen and oxygen atoms in total. The fourth-order valence-corrected chi connectivity index (χ4v) is 3.09. The molecule has 6 heteroatoms. The van der Waals surface area contributed by atoms with Gasteiger partial charge in [-0.2, -0.15) is 0 Å². The van der Waals surface area contributed by atoms with E-state index in [1.807, 2.05) is 12.1 Å². The van der Waals surface area contributed by atoms with Crippen molar-refractivity contribution < 1.29 is 14.3 Å². The van der Waals surface area contributed by atoms with Gasteiger partial charge >= 0.3 is 0 Å². The zero-order valence-corrected chi connectivity index (χ0v) is 14.9. The van der Waals surface area contributed by atoms with E-state index in [1.54, 1.807) is 50.0 Å². The zero-order chi connectivity index (χ0) is 18.6. The lowest BCUT2D eigenvalue weighted by Crippen LogP contribution is -2.34. The molecule has 3 aromatic rings. The minimum atomic E-state index is -0.127. The third-order valence-electron chi connectivity index (χ3n) is 4.50. The number of fused-ring (bicyclic) bond motifs is 1. The molecule has 1 N–H and O–H groups in total.